The fraction of sp³-hybridized carbons (Fsp3) is 0.273. The molecular weight excluding hydrogens is 388 g/mol. The van der Waals surface area contributed by atoms with Crippen LogP contribution in [0.4, 0.5) is 4.79 Å². The second kappa shape index (κ2) is 11.2. The van der Waals surface area contributed by atoms with E-state index in [4.69, 9.17) is 18.6 Å². The van der Waals surface area contributed by atoms with Crippen LogP contribution in [0.1, 0.15) is 6.42 Å². The van der Waals surface area contributed by atoms with Crippen molar-refractivity contribution < 1.29 is 28.2 Å². The molecule has 29 heavy (non-hydrogen) atoms. The molecule has 6 nitrogen and oxygen atoms in total. The van der Waals surface area contributed by atoms with Crippen LogP contribution in [-0.4, -0.2) is 46.9 Å². The number of esters is 1. The Bertz CT molecular complexity index is 754. The first-order valence-electron chi connectivity index (χ1n) is 9.25. The minimum Gasteiger partial charge on any atom is -0.469 e. The van der Waals surface area contributed by atoms with Gasteiger partial charge < -0.3 is 18.6 Å². The zero-order valence-electron chi connectivity index (χ0n) is 16.7. The monoisotopic (exact) mass is 414 g/mol. The van der Waals surface area contributed by atoms with E-state index in [0.717, 1.165) is 10.4 Å². The molecule has 0 aliphatic heterocycles. The van der Waals surface area contributed by atoms with Crippen molar-refractivity contribution in [1.82, 2.24) is 0 Å². The molecule has 0 saturated heterocycles. The van der Waals surface area contributed by atoms with Crippen LogP contribution in [0.5, 0.6) is 0 Å². The molecule has 0 heterocycles. The molecule has 2 rings (SSSR count). The number of methoxy groups -OCH3 is 1. The lowest BCUT2D eigenvalue weighted by Crippen LogP contribution is -2.59. The van der Waals surface area contributed by atoms with Crippen LogP contribution in [0.3, 0.4) is 0 Å². The number of carbonyl (C=O) groups excluding carboxylic acids is 2. The molecule has 0 aliphatic rings. The molecular formula is C22H26O6Si. The van der Waals surface area contributed by atoms with Crippen LogP contribution in [0.2, 0.25) is 6.55 Å². The SMILES string of the molecule is C=CCOC(=O)OC(CO[Si](C)(c1ccccc1)c1ccccc1)CC(=O)OC. The maximum absolute atomic E-state index is 11.9. The third-order valence-electron chi connectivity index (χ3n) is 4.41. The predicted octanol–water partition coefficient (Wildman–Crippen LogP) is 2.66. The minimum absolute atomic E-state index is 0.0190. The summed E-state index contributed by atoms with van der Waals surface area (Å²) >= 11 is 0. The molecule has 0 aliphatic carbocycles. The molecule has 7 heteroatoms. The Morgan fingerprint density at radius 3 is 2.07 bits per heavy atom. The number of ether oxygens (including phenoxy) is 3. The van der Waals surface area contributed by atoms with Crippen molar-refractivity contribution in [2.24, 2.45) is 0 Å². The maximum Gasteiger partial charge on any atom is 0.508 e. The van der Waals surface area contributed by atoms with E-state index in [1.807, 2.05) is 60.7 Å². The first-order valence-corrected chi connectivity index (χ1v) is 11.7. The topological polar surface area (TPSA) is 71.1 Å². The van der Waals surface area contributed by atoms with E-state index in [9.17, 15) is 9.59 Å². The summed E-state index contributed by atoms with van der Waals surface area (Å²) in [5.74, 6) is -0.502. The first kappa shape index (κ1) is 22.4. The highest BCUT2D eigenvalue weighted by atomic mass is 28.4. The molecule has 2 aromatic carbocycles. The van der Waals surface area contributed by atoms with Crippen molar-refractivity contribution in [2.75, 3.05) is 20.3 Å². The molecule has 0 saturated carbocycles. The van der Waals surface area contributed by atoms with Crippen LogP contribution in [0.15, 0.2) is 73.3 Å². The van der Waals surface area contributed by atoms with E-state index in [1.165, 1.54) is 13.2 Å². The summed E-state index contributed by atoms with van der Waals surface area (Å²) in [7, 11) is -1.32. The van der Waals surface area contributed by atoms with E-state index < -0.39 is 26.5 Å². The van der Waals surface area contributed by atoms with E-state index in [-0.39, 0.29) is 19.6 Å². The third kappa shape index (κ3) is 6.58. The Kier molecular flexibility index (Phi) is 8.63. The number of hydrogen-bond donors (Lipinski definition) is 0. The van der Waals surface area contributed by atoms with Gasteiger partial charge in [0.25, 0.3) is 8.32 Å². The maximum atomic E-state index is 11.9. The van der Waals surface area contributed by atoms with Crippen molar-refractivity contribution in [3.05, 3.63) is 73.3 Å². The summed E-state index contributed by atoms with van der Waals surface area (Å²) < 4.78 is 21.2. The molecule has 1 unspecified atom stereocenters. The smallest absolute Gasteiger partial charge is 0.469 e. The largest absolute Gasteiger partial charge is 0.508 e. The fourth-order valence-corrected chi connectivity index (χ4v) is 5.65. The molecule has 0 amide bonds. The Labute approximate surface area is 172 Å². The quantitative estimate of drug-likeness (QED) is 0.338. The highest BCUT2D eigenvalue weighted by molar-refractivity contribution is 6.96. The summed E-state index contributed by atoms with van der Waals surface area (Å²) in [6, 6.07) is 19.8. The van der Waals surface area contributed by atoms with Crippen LogP contribution < -0.4 is 10.4 Å². The van der Waals surface area contributed by atoms with Gasteiger partial charge in [0.1, 0.15) is 12.7 Å². The molecule has 0 fully saturated rings. The van der Waals surface area contributed by atoms with Crippen molar-refractivity contribution in [2.45, 2.75) is 19.1 Å². The van der Waals surface area contributed by atoms with E-state index in [0.29, 0.717) is 0 Å². The van der Waals surface area contributed by atoms with Crippen molar-refractivity contribution in [1.29, 1.82) is 0 Å². The van der Waals surface area contributed by atoms with Gasteiger partial charge in [-0.25, -0.2) is 4.79 Å². The third-order valence-corrected chi connectivity index (χ3v) is 8.03. The molecule has 0 N–H and O–H groups in total. The molecule has 0 aromatic heterocycles. The van der Waals surface area contributed by atoms with Gasteiger partial charge in [0, 0.05) is 0 Å². The van der Waals surface area contributed by atoms with Gasteiger partial charge in [0.2, 0.25) is 0 Å². The van der Waals surface area contributed by atoms with E-state index in [1.54, 1.807) is 0 Å². The van der Waals surface area contributed by atoms with Crippen molar-refractivity contribution >= 4 is 30.8 Å². The lowest BCUT2D eigenvalue weighted by molar-refractivity contribution is -0.143. The molecule has 1 atom stereocenters. The number of benzene rings is 2. The predicted molar refractivity (Wildman–Crippen MR) is 113 cm³/mol. The van der Waals surface area contributed by atoms with Gasteiger partial charge >= 0.3 is 12.1 Å². The summed E-state index contributed by atoms with van der Waals surface area (Å²) in [5.41, 5.74) is 0. The molecule has 0 radical (unpaired) electrons. The Morgan fingerprint density at radius 1 is 1.03 bits per heavy atom. The van der Waals surface area contributed by atoms with Gasteiger partial charge in [-0.2, -0.15) is 0 Å². The van der Waals surface area contributed by atoms with Crippen LogP contribution >= 0.6 is 0 Å². The Morgan fingerprint density at radius 2 is 1.59 bits per heavy atom. The fourth-order valence-electron chi connectivity index (χ4n) is 2.81. The summed E-state index contributed by atoms with van der Waals surface area (Å²) in [5, 5.41) is 2.13. The van der Waals surface area contributed by atoms with Gasteiger partial charge in [0.05, 0.1) is 20.1 Å². The zero-order valence-corrected chi connectivity index (χ0v) is 17.7. The van der Waals surface area contributed by atoms with E-state index in [2.05, 4.69) is 13.1 Å². The second-order valence-electron chi connectivity index (χ2n) is 6.45. The minimum atomic E-state index is -2.60. The summed E-state index contributed by atoms with van der Waals surface area (Å²) in [4.78, 5) is 23.6. The Hall–Kier alpha value is -2.90. The zero-order chi connectivity index (χ0) is 21.1. The first-order chi connectivity index (χ1) is 14.0. The molecule has 0 spiro atoms. The van der Waals surface area contributed by atoms with Gasteiger partial charge in [-0.15, -0.1) is 0 Å². The van der Waals surface area contributed by atoms with Gasteiger partial charge in [0.15, 0.2) is 0 Å². The highest BCUT2D eigenvalue weighted by Crippen LogP contribution is 2.12. The summed E-state index contributed by atoms with van der Waals surface area (Å²) in [6.07, 6.45) is -0.417. The van der Waals surface area contributed by atoms with Crippen molar-refractivity contribution in [3.63, 3.8) is 0 Å². The molecule has 0 bridgehead atoms. The number of hydrogen-bond acceptors (Lipinski definition) is 6. The molecule has 154 valence electrons. The van der Waals surface area contributed by atoms with E-state index >= 15 is 0 Å². The van der Waals surface area contributed by atoms with Gasteiger partial charge in [-0.1, -0.05) is 73.3 Å². The highest BCUT2D eigenvalue weighted by Gasteiger charge is 2.35. The van der Waals surface area contributed by atoms with Gasteiger partial charge in [-0.05, 0) is 16.9 Å². The number of carbonyl (C=O) groups is 2. The van der Waals surface area contributed by atoms with Crippen LogP contribution in [0, 0.1) is 0 Å². The normalized spacial score (nSPS) is 11.9. The second-order valence-corrected chi connectivity index (χ2v) is 9.96. The molecule has 2 aromatic rings. The Balaban J connectivity index is 2.22. The summed E-state index contributed by atoms with van der Waals surface area (Å²) in [6.45, 7) is 5.61. The van der Waals surface area contributed by atoms with Gasteiger partial charge in [-0.3, -0.25) is 4.79 Å². The average Bonchev–Trinajstić information content (AvgIpc) is 2.76. The number of rotatable bonds is 10. The lowest BCUT2D eigenvalue weighted by Gasteiger charge is -2.30. The van der Waals surface area contributed by atoms with Crippen LogP contribution in [-0.2, 0) is 23.4 Å². The van der Waals surface area contributed by atoms with Crippen LogP contribution in [0.25, 0.3) is 0 Å². The average molecular weight is 415 g/mol. The van der Waals surface area contributed by atoms with Crippen molar-refractivity contribution in [3.8, 4) is 0 Å². The lowest BCUT2D eigenvalue weighted by atomic mass is 10.3. The standard InChI is InChI=1S/C22H26O6Si/c1-4-15-26-22(24)28-18(16-21(23)25-2)17-27-29(3,19-11-7-5-8-12-19)20-13-9-6-10-14-20/h4-14,18H,1,15-17H2,2-3H3.